The van der Waals surface area contributed by atoms with Crippen LogP contribution in [-0.4, -0.2) is 31.8 Å². The highest BCUT2D eigenvalue weighted by molar-refractivity contribution is 7.98. The number of hydrogen-bond donors (Lipinski definition) is 3. The van der Waals surface area contributed by atoms with Crippen LogP contribution in [0.4, 0.5) is 11.9 Å². The molecule has 0 spiro atoms. The molecule has 0 aliphatic heterocycles. The van der Waals surface area contributed by atoms with Gasteiger partial charge in [-0.05, 0) is 0 Å². The number of aliphatic carboxylic acids is 1. The van der Waals surface area contributed by atoms with Crippen molar-refractivity contribution in [1.82, 2.24) is 15.0 Å². The Balaban J connectivity index is 2.40. The first-order valence-electron chi connectivity index (χ1n) is 4.13. The van der Waals surface area contributed by atoms with Crippen molar-refractivity contribution in [2.75, 3.05) is 17.2 Å². The lowest BCUT2D eigenvalue weighted by molar-refractivity contribution is -0.136. The first-order chi connectivity index (χ1) is 7.08. The van der Waals surface area contributed by atoms with Crippen LogP contribution in [0.3, 0.4) is 0 Å². The van der Waals surface area contributed by atoms with Crippen LogP contribution in [0, 0.1) is 0 Å². The van der Waals surface area contributed by atoms with Gasteiger partial charge in [0.15, 0.2) is 0 Å². The Labute approximate surface area is 90.3 Å². The van der Waals surface area contributed by atoms with Crippen molar-refractivity contribution >= 4 is 29.6 Å². The molecule has 0 aromatic carbocycles. The molecule has 1 heterocycles. The Kier molecular flexibility index (Phi) is 4.10. The van der Waals surface area contributed by atoms with E-state index in [-0.39, 0.29) is 18.3 Å². The van der Waals surface area contributed by atoms with Gasteiger partial charge in [0.1, 0.15) is 5.82 Å². The Bertz CT molecular complexity index is 339. The summed E-state index contributed by atoms with van der Waals surface area (Å²) in [5.41, 5.74) is 10.7. The zero-order chi connectivity index (χ0) is 11.3. The van der Waals surface area contributed by atoms with E-state index in [2.05, 4.69) is 15.0 Å². The SMILES string of the molecule is Nc1nc(N)nc(CSCCC(=O)O)n1. The van der Waals surface area contributed by atoms with Gasteiger partial charge in [-0.2, -0.15) is 26.7 Å². The van der Waals surface area contributed by atoms with Crippen molar-refractivity contribution in [1.29, 1.82) is 0 Å². The summed E-state index contributed by atoms with van der Waals surface area (Å²) >= 11 is 1.41. The molecule has 0 saturated carbocycles. The standard InChI is InChI=1S/C7H11N5O2S/c8-6-10-4(11-7(9)12-6)3-15-2-1-5(13)14/h1-3H2,(H,13,14)(H4,8,9,10,11,12). The fourth-order valence-corrected chi connectivity index (χ4v) is 1.62. The fraction of sp³-hybridized carbons (Fsp3) is 0.429. The van der Waals surface area contributed by atoms with Crippen molar-refractivity contribution < 1.29 is 9.90 Å². The molecule has 1 rings (SSSR count). The summed E-state index contributed by atoms with van der Waals surface area (Å²) in [5.74, 6) is 0.783. The monoisotopic (exact) mass is 229 g/mol. The molecule has 0 atom stereocenters. The second kappa shape index (κ2) is 5.35. The van der Waals surface area contributed by atoms with Gasteiger partial charge in [0, 0.05) is 5.75 Å². The number of carbonyl (C=O) groups is 1. The topological polar surface area (TPSA) is 128 Å². The lowest BCUT2D eigenvalue weighted by atomic mass is 10.5. The molecule has 0 aliphatic rings. The summed E-state index contributed by atoms with van der Waals surface area (Å²) in [6.45, 7) is 0. The number of aromatic nitrogens is 3. The molecule has 1 aromatic rings. The van der Waals surface area contributed by atoms with E-state index in [0.29, 0.717) is 17.3 Å². The van der Waals surface area contributed by atoms with Crippen LogP contribution in [0.2, 0.25) is 0 Å². The number of thioether (sulfide) groups is 1. The molecule has 0 fully saturated rings. The van der Waals surface area contributed by atoms with Crippen molar-refractivity contribution in [2.45, 2.75) is 12.2 Å². The van der Waals surface area contributed by atoms with E-state index in [9.17, 15) is 4.79 Å². The maximum atomic E-state index is 10.2. The second-order valence-electron chi connectivity index (χ2n) is 2.66. The Hall–Kier alpha value is -1.57. The number of anilines is 2. The third-order valence-corrected chi connectivity index (χ3v) is 2.36. The number of nitrogen functional groups attached to an aromatic ring is 2. The Morgan fingerprint density at radius 1 is 1.27 bits per heavy atom. The van der Waals surface area contributed by atoms with Gasteiger partial charge in [-0.25, -0.2) is 0 Å². The van der Waals surface area contributed by atoms with Crippen molar-refractivity contribution in [2.24, 2.45) is 0 Å². The minimum atomic E-state index is -0.822. The third-order valence-electron chi connectivity index (χ3n) is 1.41. The summed E-state index contributed by atoms with van der Waals surface area (Å²) in [7, 11) is 0. The zero-order valence-corrected chi connectivity index (χ0v) is 8.70. The first kappa shape index (κ1) is 11.5. The van der Waals surface area contributed by atoms with Crippen LogP contribution in [0.25, 0.3) is 0 Å². The lowest BCUT2D eigenvalue weighted by Gasteiger charge is -2.01. The predicted octanol–water partition coefficient (Wildman–Crippen LogP) is -0.256. The van der Waals surface area contributed by atoms with Crippen LogP contribution >= 0.6 is 11.8 Å². The van der Waals surface area contributed by atoms with Crippen LogP contribution in [0.5, 0.6) is 0 Å². The number of nitrogens with two attached hydrogens (primary N) is 2. The van der Waals surface area contributed by atoms with Gasteiger partial charge in [-0.15, -0.1) is 0 Å². The van der Waals surface area contributed by atoms with Crippen LogP contribution in [-0.2, 0) is 10.5 Å². The van der Waals surface area contributed by atoms with Gasteiger partial charge < -0.3 is 16.6 Å². The molecule has 82 valence electrons. The molecule has 5 N–H and O–H groups in total. The molecule has 7 nitrogen and oxygen atoms in total. The van der Waals surface area contributed by atoms with Gasteiger partial charge in [0.05, 0.1) is 12.2 Å². The smallest absolute Gasteiger partial charge is 0.304 e. The van der Waals surface area contributed by atoms with Crippen molar-refractivity contribution in [3.8, 4) is 0 Å². The molecular formula is C7H11N5O2S. The van der Waals surface area contributed by atoms with E-state index >= 15 is 0 Å². The molecule has 0 amide bonds. The van der Waals surface area contributed by atoms with E-state index < -0.39 is 5.97 Å². The highest BCUT2D eigenvalue weighted by Crippen LogP contribution is 2.10. The molecule has 0 aliphatic carbocycles. The van der Waals surface area contributed by atoms with Gasteiger partial charge >= 0.3 is 5.97 Å². The molecule has 8 heteroatoms. The number of hydrogen-bond acceptors (Lipinski definition) is 7. The van der Waals surface area contributed by atoms with E-state index in [0.717, 1.165) is 0 Å². The van der Waals surface area contributed by atoms with Crippen molar-refractivity contribution in [3.05, 3.63) is 5.82 Å². The Morgan fingerprint density at radius 2 is 1.87 bits per heavy atom. The second-order valence-corrected chi connectivity index (χ2v) is 3.77. The van der Waals surface area contributed by atoms with E-state index in [1.165, 1.54) is 11.8 Å². The summed E-state index contributed by atoms with van der Waals surface area (Å²) in [4.78, 5) is 21.6. The molecule has 1 aromatic heterocycles. The van der Waals surface area contributed by atoms with E-state index in [1.54, 1.807) is 0 Å². The number of carboxylic acid groups (broad SMARTS) is 1. The highest BCUT2D eigenvalue weighted by Gasteiger charge is 2.03. The fourth-order valence-electron chi connectivity index (χ4n) is 0.844. The van der Waals surface area contributed by atoms with Crippen molar-refractivity contribution in [3.63, 3.8) is 0 Å². The maximum Gasteiger partial charge on any atom is 0.304 e. The van der Waals surface area contributed by atoms with E-state index in [4.69, 9.17) is 16.6 Å². The molecule has 0 radical (unpaired) electrons. The normalized spacial score (nSPS) is 10.1. The maximum absolute atomic E-state index is 10.2. The van der Waals surface area contributed by atoms with Gasteiger partial charge in [0.2, 0.25) is 11.9 Å². The minimum Gasteiger partial charge on any atom is -0.481 e. The van der Waals surface area contributed by atoms with Crippen LogP contribution in [0.15, 0.2) is 0 Å². The molecule has 0 unspecified atom stereocenters. The van der Waals surface area contributed by atoms with E-state index in [1.807, 2.05) is 0 Å². The number of nitrogens with zero attached hydrogens (tertiary/aromatic N) is 3. The van der Waals surface area contributed by atoms with Crippen LogP contribution < -0.4 is 11.5 Å². The first-order valence-corrected chi connectivity index (χ1v) is 5.29. The molecular weight excluding hydrogens is 218 g/mol. The summed E-state index contributed by atoms with van der Waals surface area (Å²) in [6.07, 6.45) is 0.112. The van der Waals surface area contributed by atoms with Gasteiger partial charge in [0.25, 0.3) is 0 Å². The number of carboxylic acids is 1. The minimum absolute atomic E-state index is 0.0799. The quantitative estimate of drug-likeness (QED) is 0.589. The molecule has 15 heavy (non-hydrogen) atoms. The summed E-state index contributed by atoms with van der Waals surface area (Å²) < 4.78 is 0. The Morgan fingerprint density at radius 3 is 2.40 bits per heavy atom. The predicted molar refractivity (Wildman–Crippen MR) is 57.1 cm³/mol. The lowest BCUT2D eigenvalue weighted by Crippen LogP contribution is -2.06. The van der Waals surface area contributed by atoms with Gasteiger partial charge in [-0.3, -0.25) is 4.79 Å². The van der Waals surface area contributed by atoms with Gasteiger partial charge in [-0.1, -0.05) is 0 Å². The van der Waals surface area contributed by atoms with Crippen LogP contribution in [0.1, 0.15) is 12.2 Å². The number of rotatable bonds is 5. The zero-order valence-electron chi connectivity index (χ0n) is 7.88. The average Bonchev–Trinajstić information content (AvgIpc) is 2.10. The molecule has 0 saturated heterocycles. The summed E-state index contributed by atoms with van der Waals surface area (Å²) in [6, 6.07) is 0. The largest absolute Gasteiger partial charge is 0.481 e. The third kappa shape index (κ3) is 4.45. The molecule has 0 bridgehead atoms. The summed E-state index contributed by atoms with van der Waals surface area (Å²) in [5, 5.41) is 8.40. The average molecular weight is 229 g/mol. The highest BCUT2D eigenvalue weighted by atomic mass is 32.2.